The van der Waals surface area contributed by atoms with E-state index >= 15 is 0 Å². The van der Waals surface area contributed by atoms with Gasteiger partial charge in [-0.05, 0) is 56.0 Å². The smallest absolute Gasteiger partial charge is 0.325 e. The number of methoxy groups -OCH3 is 1. The molecule has 0 radical (unpaired) electrons. The van der Waals surface area contributed by atoms with Gasteiger partial charge in [0.1, 0.15) is 5.54 Å². The Morgan fingerprint density at radius 1 is 1.19 bits per heavy atom. The highest BCUT2D eigenvalue weighted by molar-refractivity contribution is 6.07. The van der Waals surface area contributed by atoms with Crippen molar-refractivity contribution in [3.63, 3.8) is 0 Å². The minimum atomic E-state index is -1.16. The van der Waals surface area contributed by atoms with Crippen LogP contribution in [-0.4, -0.2) is 53.4 Å². The van der Waals surface area contributed by atoms with E-state index in [1.165, 1.54) is 29.0 Å². The van der Waals surface area contributed by atoms with Gasteiger partial charge in [-0.1, -0.05) is 23.8 Å². The predicted octanol–water partition coefficient (Wildman–Crippen LogP) is 3.18. The number of hydrogen-bond acceptors (Lipinski definition) is 4. The first-order valence-electron chi connectivity index (χ1n) is 10.6. The summed E-state index contributed by atoms with van der Waals surface area (Å²) in [6, 6.07) is 9.48. The first-order chi connectivity index (χ1) is 15.2. The molecule has 0 saturated carbocycles. The molecule has 2 aromatic rings. The van der Waals surface area contributed by atoms with E-state index in [2.05, 4.69) is 5.32 Å². The van der Waals surface area contributed by atoms with Crippen molar-refractivity contribution in [1.29, 1.82) is 0 Å². The summed E-state index contributed by atoms with van der Waals surface area (Å²) in [6.07, 6.45) is 0.995. The number of nitrogens with zero attached hydrogens (tertiary/aromatic N) is 2. The molecule has 2 saturated heterocycles. The number of hydrogen-bond donors (Lipinski definition) is 1. The largest absolute Gasteiger partial charge is 0.494 e. The van der Waals surface area contributed by atoms with E-state index in [1.807, 2.05) is 32.0 Å². The van der Waals surface area contributed by atoms with E-state index in [9.17, 15) is 18.8 Å². The van der Waals surface area contributed by atoms with Crippen molar-refractivity contribution < 1.29 is 23.5 Å². The number of rotatable bonds is 4. The standard InChI is InChI=1S/C24H26FN3O4/c1-15-5-6-16(2)18(11-15)13-28-22(30)24(26-23(28)31)9-4-10-27(14-24)21(29)17-7-8-20(32-3)19(25)12-17/h5-8,11-12H,4,9-10,13-14H2,1-3H3,(H,26,31)/t24-/m1/s1. The number of ether oxygens (including phenoxy) is 1. The van der Waals surface area contributed by atoms with Gasteiger partial charge in [-0.2, -0.15) is 0 Å². The van der Waals surface area contributed by atoms with Crippen molar-refractivity contribution in [3.05, 3.63) is 64.5 Å². The summed E-state index contributed by atoms with van der Waals surface area (Å²) in [4.78, 5) is 41.9. The van der Waals surface area contributed by atoms with Crippen LogP contribution in [0, 0.1) is 19.7 Å². The summed E-state index contributed by atoms with van der Waals surface area (Å²) < 4.78 is 19.0. The Bertz CT molecular complexity index is 1100. The van der Waals surface area contributed by atoms with E-state index in [-0.39, 0.29) is 36.2 Å². The zero-order chi connectivity index (χ0) is 23.0. The minimum absolute atomic E-state index is 0.0490. The maximum Gasteiger partial charge on any atom is 0.325 e. The third kappa shape index (κ3) is 3.81. The van der Waals surface area contributed by atoms with E-state index in [4.69, 9.17) is 4.74 Å². The van der Waals surface area contributed by atoms with Crippen molar-refractivity contribution in [3.8, 4) is 5.75 Å². The molecule has 2 aliphatic rings. The minimum Gasteiger partial charge on any atom is -0.494 e. The average Bonchev–Trinajstić information content (AvgIpc) is 2.99. The summed E-state index contributed by atoms with van der Waals surface area (Å²) in [5.41, 5.74) is 1.97. The molecule has 0 unspecified atom stereocenters. The van der Waals surface area contributed by atoms with Gasteiger partial charge in [0.05, 0.1) is 20.2 Å². The Hall–Kier alpha value is -3.42. The molecule has 168 valence electrons. The molecule has 8 heteroatoms. The molecule has 7 nitrogen and oxygen atoms in total. The second-order valence-electron chi connectivity index (χ2n) is 8.51. The van der Waals surface area contributed by atoms with Crippen LogP contribution in [0.1, 0.15) is 39.9 Å². The van der Waals surface area contributed by atoms with E-state index in [0.717, 1.165) is 22.8 Å². The summed E-state index contributed by atoms with van der Waals surface area (Å²) in [7, 11) is 1.35. The highest BCUT2D eigenvalue weighted by Gasteiger charge is 2.53. The zero-order valence-electron chi connectivity index (χ0n) is 18.4. The number of piperidine rings is 1. The predicted molar refractivity (Wildman–Crippen MR) is 116 cm³/mol. The van der Waals surface area contributed by atoms with Gasteiger partial charge in [-0.25, -0.2) is 9.18 Å². The zero-order valence-corrected chi connectivity index (χ0v) is 18.4. The van der Waals surface area contributed by atoms with Crippen LogP contribution in [0.2, 0.25) is 0 Å². The fourth-order valence-electron chi connectivity index (χ4n) is 4.45. The molecule has 1 atom stereocenters. The highest BCUT2D eigenvalue weighted by Crippen LogP contribution is 2.31. The lowest BCUT2D eigenvalue weighted by molar-refractivity contribution is -0.133. The molecular formula is C24H26FN3O4. The van der Waals surface area contributed by atoms with Crippen LogP contribution in [0.15, 0.2) is 36.4 Å². The molecule has 2 aliphatic heterocycles. The fourth-order valence-corrected chi connectivity index (χ4v) is 4.45. The van der Waals surface area contributed by atoms with Gasteiger partial charge in [0.15, 0.2) is 11.6 Å². The van der Waals surface area contributed by atoms with Crippen LogP contribution in [-0.2, 0) is 11.3 Å². The van der Waals surface area contributed by atoms with Crippen LogP contribution >= 0.6 is 0 Å². The third-order valence-electron chi connectivity index (χ3n) is 6.26. The van der Waals surface area contributed by atoms with Gasteiger partial charge in [-0.3, -0.25) is 14.5 Å². The van der Waals surface area contributed by atoms with Crippen LogP contribution in [0.3, 0.4) is 0 Å². The summed E-state index contributed by atoms with van der Waals surface area (Å²) in [6.45, 7) is 4.56. The van der Waals surface area contributed by atoms with Crippen LogP contribution in [0.4, 0.5) is 9.18 Å². The maximum absolute atomic E-state index is 14.1. The first-order valence-corrected chi connectivity index (χ1v) is 10.6. The Kier molecular flexibility index (Phi) is 5.62. The quantitative estimate of drug-likeness (QED) is 0.743. The number of aryl methyl sites for hydroxylation is 2. The highest BCUT2D eigenvalue weighted by atomic mass is 19.1. The molecule has 2 heterocycles. The normalized spacial score (nSPS) is 20.6. The van der Waals surface area contributed by atoms with E-state index in [0.29, 0.717) is 19.4 Å². The fraction of sp³-hybridized carbons (Fsp3) is 0.375. The number of nitrogens with one attached hydrogen (secondary N) is 1. The maximum atomic E-state index is 14.1. The second-order valence-corrected chi connectivity index (χ2v) is 8.51. The lowest BCUT2D eigenvalue weighted by atomic mass is 9.88. The van der Waals surface area contributed by atoms with Crippen molar-refractivity contribution in [2.45, 2.75) is 38.8 Å². The molecule has 0 aromatic heterocycles. The van der Waals surface area contributed by atoms with Gasteiger partial charge in [-0.15, -0.1) is 0 Å². The van der Waals surface area contributed by atoms with Crippen molar-refractivity contribution in [1.82, 2.24) is 15.1 Å². The number of imide groups is 1. The number of halogens is 1. The number of urea groups is 1. The van der Waals surface area contributed by atoms with E-state index in [1.54, 1.807) is 0 Å². The van der Waals surface area contributed by atoms with E-state index < -0.39 is 17.4 Å². The van der Waals surface area contributed by atoms with Gasteiger partial charge < -0.3 is 15.0 Å². The Morgan fingerprint density at radius 3 is 2.69 bits per heavy atom. The first kappa shape index (κ1) is 21.8. The molecule has 1 spiro atoms. The Balaban J connectivity index is 1.54. The number of amides is 4. The molecule has 4 rings (SSSR count). The van der Waals surface area contributed by atoms with Gasteiger partial charge in [0.25, 0.3) is 11.8 Å². The summed E-state index contributed by atoms with van der Waals surface area (Å²) in [5, 5.41) is 2.84. The molecule has 32 heavy (non-hydrogen) atoms. The summed E-state index contributed by atoms with van der Waals surface area (Å²) >= 11 is 0. The lowest BCUT2D eigenvalue weighted by Gasteiger charge is -2.38. The molecule has 0 aliphatic carbocycles. The summed E-state index contributed by atoms with van der Waals surface area (Å²) in [5.74, 6) is -1.30. The average molecular weight is 439 g/mol. The van der Waals surface area contributed by atoms with Crippen LogP contribution < -0.4 is 10.1 Å². The lowest BCUT2D eigenvalue weighted by Crippen LogP contribution is -2.59. The number of benzene rings is 2. The molecule has 2 fully saturated rings. The number of carbonyl (C=O) groups excluding carboxylic acids is 3. The Labute approximate surface area is 186 Å². The SMILES string of the molecule is COc1ccc(C(=O)N2CCC[C@]3(C2)NC(=O)N(Cc2cc(C)ccc2C)C3=O)cc1F. The topological polar surface area (TPSA) is 79.0 Å². The van der Waals surface area contributed by atoms with Gasteiger partial charge in [0, 0.05) is 12.1 Å². The molecule has 0 bridgehead atoms. The molecular weight excluding hydrogens is 413 g/mol. The molecule has 1 N–H and O–H groups in total. The Morgan fingerprint density at radius 2 is 1.97 bits per heavy atom. The van der Waals surface area contributed by atoms with Crippen molar-refractivity contribution in [2.24, 2.45) is 0 Å². The number of likely N-dealkylation sites (tertiary alicyclic amines) is 1. The monoisotopic (exact) mass is 439 g/mol. The molecule has 2 aromatic carbocycles. The molecule has 4 amide bonds. The van der Waals surface area contributed by atoms with Gasteiger partial charge in [0.2, 0.25) is 0 Å². The van der Waals surface area contributed by atoms with Crippen molar-refractivity contribution in [2.75, 3.05) is 20.2 Å². The van der Waals surface area contributed by atoms with Gasteiger partial charge >= 0.3 is 6.03 Å². The second kappa shape index (κ2) is 8.26. The third-order valence-corrected chi connectivity index (χ3v) is 6.26. The number of carbonyl (C=O) groups is 3. The van der Waals surface area contributed by atoms with Crippen LogP contribution in [0.25, 0.3) is 0 Å². The van der Waals surface area contributed by atoms with Crippen LogP contribution in [0.5, 0.6) is 5.75 Å². The van der Waals surface area contributed by atoms with Crippen molar-refractivity contribution >= 4 is 17.8 Å².